The van der Waals surface area contributed by atoms with Crippen molar-refractivity contribution in [2.24, 2.45) is 0 Å². The van der Waals surface area contributed by atoms with Gasteiger partial charge in [-0.15, -0.1) is 0 Å². The normalized spacial score (nSPS) is 13.1. The van der Waals surface area contributed by atoms with Crippen molar-refractivity contribution >= 4 is 17.5 Å². The number of quaternary nitrogens is 1. The van der Waals surface area contributed by atoms with Crippen molar-refractivity contribution < 1.29 is 18.8 Å². The molecule has 2 rings (SSSR count). The highest BCUT2D eigenvalue weighted by Gasteiger charge is 2.17. The Balaban J connectivity index is 1.93. The average molecular weight is 380 g/mol. The zero-order chi connectivity index (χ0) is 19.1. The first-order valence-corrected chi connectivity index (χ1v) is 9.01. The molecule has 6 heteroatoms. The molecule has 0 fully saturated rings. The predicted octanol–water partition coefficient (Wildman–Crippen LogP) is 2.77. The van der Waals surface area contributed by atoms with Gasteiger partial charge in [0.2, 0.25) is 0 Å². The number of nitrogens with one attached hydrogen (secondary N) is 2. The summed E-state index contributed by atoms with van der Waals surface area (Å²) >= 11 is 5.89. The molecule has 1 amide bonds. The molecule has 2 atom stereocenters. The lowest BCUT2D eigenvalue weighted by Gasteiger charge is -2.20. The molecule has 0 bridgehead atoms. The van der Waals surface area contributed by atoms with Crippen LogP contribution in [0.4, 0.5) is 4.39 Å². The first kappa shape index (κ1) is 20.2. The minimum atomic E-state index is -0.388. The Labute approximate surface area is 158 Å². The molecule has 2 aromatic carbocycles. The summed E-state index contributed by atoms with van der Waals surface area (Å²) < 4.78 is 18.8. The van der Waals surface area contributed by atoms with E-state index in [1.807, 2.05) is 32.0 Å². The molecule has 0 aliphatic carbocycles. The third-order valence-corrected chi connectivity index (χ3v) is 4.58. The van der Waals surface area contributed by atoms with Crippen molar-refractivity contribution in [1.29, 1.82) is 0 Å². The monoisotopic (exact) mass is 379 g/mol. The Morgan fingerprint density at radius 3 is 2.54 bits per heavy atom. The molecule has 0 aliphatic heterocycles. The molecule has 0 aliphatic rings. The maximum atomic E-state index is 13.8. The third-order valence-electron chi connectivity index (χ3n) is 4.33. The molecule has 0 spiro atoms. The number of hydrogen-bond donors (Lipinski definition) is 2. The Hall–Kier alpha value is -2.11. The van der Waals surface area contributed by atoms with Crippen molar-refractivity contribution in [3.05, 3.63) is 64.4 Å². The second-order valence-electron chi connectivity index (χ2n) is 6.27. The fraction of sp³-hybridized carbons (Fsp3) is 0.350. The van der Waals surface area contributed by atoms with E-state index in [0.717, 1.165) is 22.6 Å². The zero-order valence-corrected chi connectivity index (χ0v) is 16.1. The molecule has 26 heavy (non-hydrogen) atoms. The van der Waals surface area contributed by atoms with E-state index in [1.54, 1.807) is 18.2 Å². The number of benzene rings is 2. The highest BCUT2D eigenvalue weighted by atomic mass is 35.5. The second-order valence-corrected chi connectivity index (χ2v) is 6.70. The molecule has 0 radical (unpaired) electrons. The van der Waals surface area contributed by atoms with Gasteiger partial charge in [0.1, 0.15) is 6.54 Å². The second kappa shape index (κ2) is 9.55. The summed E-state index contributed by atoms with van der Waals surface area (Å²) in [6.07, 6.45) is 0. The van der Waals surface area contributed by atoms with E-state index < -0.39 is 0 Å². The van der Waals surface area contributed by atoms with E-state index >= 15 is 0 Å². The van der Waals surface area contributed by atoms with Crippen LogP contribution < -0.4 is 15.0 Å². The lowest BCUT2D eigenvalue weighted by molar-refractivity contribution is -0.904. The van der Waals surface area contributed by atoms with E-state index in [-0.39, 0.29) is 23.5 Å². The number of likely N-dealkylation sites (N-methyl/N-ethyl adjacent to an activating group) is 1. The van der Waals surface area contributed by atoms with E-state index in [2.05, 4.69) is 5.32 Å². The van der Waals surface area contributed by atoms with Gasteiger partial charge >= 0.3 is 0 Å². The van der Waals surface area contributed by atoms with E-state index in [0.29, 0.717) is 18.1 Å². The van der Waals surface area contributed by atoms with Gasteiger partial charge in [0.15, 0.2) is 18.1 Å². The number of amides is 1. The molecule has 2 aromatic rings. The standard InChI is InChI=1S/C20H24ClFN2O2/c1-4-24(12-15-5-10-19(26-3)18(22)11-15)13-20(25)23-14(2)16-6-8-17(21)9-7-16/h5-11,14H,4,12-13H2,1-3H3,(H,23,25)/p+1/t14-/m0/s1. The van der Waals surface area contributed by atoms with Gasteiger partial charge < -0.3 is 15.0 Å². The number of carbonyl (C=O) groups is 1. The van der Waals surface area contributed by atoms with E-state index in [9.17, 15) is 9.18 Å². The lowest BCUT2D eigenvalue weighted by Crippen LogP contribution is -3.11. The van der Waals surface area contributed by atoms with Gasteiger partial charge in [-0.25, -0.2) is 4.39 Å². The van der Waals surface area contributed by atoms with Crippen LogP contribution in [0.1, 0.15) is 31.0 Å². The highest BCUT2D eigenvalue weighted by Crippen LogP contribution is 2.17. The third kappa shape index (κ3) is 5.71. The Morgan fingerprint density at radius 1 is 1.27 bits per heavy atom. The number of ether oxygens (including phenoxy) is 1. The summed E-state index contributed by atoms with van der Waals surface area (Å²) in [5.41, 5.74) is 1.83. The van der Waals surface area contributed by atoms with Crippen LogP contribution in [-0.4, -0.2) is 26.1 Å². The summed E-state index contributed by atoms with van der Waals surface area (Å²) in [6.45, 7) is 5.59. The van der Waals surface area contributed by atoms with Gasteiger partial charge in [-0.05, 0) is 49.7 Å². The van der Waals surface area contributed by atoms with Crippen LogP contribution in [0.25, 0.3) is 0 Å². The van der Waals surface area contributed by atoms with Crippen molar-refractivity contribution in [2.45, 2.75) is 26.4 Å². The predicted molar refractivity (Wildman–Crippen MR) is 101 cm³/mol. The maximum absolute atomic E-state index is 13.8. The molecule has 1 unspecified atom stereocenters. The minimum absolute atomic E-state index is 0.0433. The van der Waals surface area contributed by atoms with E-state index in [1.165, 1.54) is 13.2 Å². The quantitative estimate of drug-likeness (QED) is 0.740. The van der Waals surface area contributed by atoms with Crippen molar-refractivity contribution in [3.63, 3.8) is 0 Å². The van der Waals surface area contributed by atoms with Crippen LogP contribution in [-0.2, 0) is 11.3 Å². The Kier molecular flexibility index (Phi) is 7.42. The number of hydrogen-bond acceptors (Lipinski definition) is 2. The van der Waals surface area contributed by atoms with Crippen LogP contribution in [0.5, 0.6) is 5.75 Å². The average Bonchev–Trinajstić information content (AvgIpc) is 2.61. The van der Waals surface area contributed by atoms with Crippen molar-refractivity contribution in [1.82, 2.24) is 5.32 Å². The first-order chi connectivity index (χ1) is 12.4. The maximum Gasteiger partial charge on any atom is 0.275 e. The van der Waals surface area contributed by atoms with Crippen molar-refractivity contribution in [3.8, 4) is 5.75 Å². The largest absolute Gasteiger partial charge is 0.494 e. The molecule has 0 saturated carbocycles. The van der Waals surface area contributed by atoms with Crippen LogP contribution in [0.3, 0.4) is 0 Å². The van der Waals surface area contributed by atoms with Crippen LogP contribution >= 0.6 is 11.6 Å². The Bertz CT molecular complexity index is 737. The minimum Gasteiger partial charge on any atom is -0.494 e. The smallest absolute Gasteiger partial charge is 0.275 e. The zero-order valence-electron chi connectivity index (χ0n) is 15.3. The fourth-order valence-corrected chi connectivity index (χ4v) is 2.90. The molecule has 0 aromatic heterocycles. The number of rotatable bonds is 8. The van der Waals surface area contributed by atoms with Crippen LogP contribution in [0, 0.1) is 5.82 Å². The lowest BCUT2D eigenvalue weighted by atomic mass is 10.1. The van der Waals surface area contributed by atoms with Crippen LogP contribution in [0.15, 0.2) is 42.5 Å². The van der Waals surface area contributed by atoms with Gasteiger partial charge in [-0.2, -0.15) is 0 Å². The summed E-state index contributed by atoms with van der Waals surface area (Å²) in [6, 6.07) is 12.2. The summed E-state index contributed by atoms with van der Waals surface area (Å²) in [5.74, 6) is -0.208. The van der Waals surface area contributed by atoms with Gasteiger partial charge in [0.05, 0.1) is 19.7 Å². The molecule has 0 saturated heterocycles. The van der Waals surface area contributed by atoms with Crippen LogP contribution in [0.2, 0.25) is 5.02 Å². The molecule has 140 valence electrons. The number of carbonyl (C=O) groups excluding carboxylic acids is 1. The summed E-state index contributed by atoms with van der Waals surface area (Å²) in [4.78, 5) is 13.4. The molecular weight excluding hydrogens is 355 g/mol. The first-order valence-electron chi connectivity index (χ1n) is 8.63. The van der Waals surface area contributed by atoms with Crippen molar-refractivity contribution in [2.75, 3.05) is 20.2 Å². The van der Waals surface area contributed by atoms with Gasteiger partial charge in [-0.1, -0.05) is 23.7 Å². The summed E-state index contributed by atoms with van der Waals surface area (Å²) in [7, 11) is 1.44. The molecule has 0 heterocycles. The Morgan fingerprint density at radius 2 is 1.96 bits per heavy atom. The summed E-state index contributed by atoms with van der Waals surface area (Å²) in [5, 5.41) is 3.67. The SMILES string of the molecule is CC[NH+](CC(=O)N[C@@H](C)c1ccc(Cl)cc1)Cc1ccc(OC)c(F)c1. The molecular formula is C20H25ClFN2O2+. The van der Waals surface area contributed by atoms with E-state index in [4.69, 9.17) is 16.3 Å². The van der Waals surface area contributed by atoms with Gasteiger partial charge in [0.25, 0.3) is 5.91 Å². The number of methoxy groups -OCH3 is 1. The highest BCUT2D eigenvalue weighted by molar-refractivity contribution is 6.30. The van der Waals surface area contributed by atoms with Gasteiger partial charge in [0, 0.05) is 10.6 Å². The number of halogens is 2. The topological polar surface area (TPSA) is 42.8 Å². The molecule has 4 nitrogen and oxygen atoms in total. The van der Waals surface area contributed by atoms with Gasteiger partial charge in [-0.3, -0.25) is 4.79 Å². The molecule has 2 N–H and O–H groups in total. The fourth-order valence-electron chi connectivity index (χ4n) is 2.78.